The van der Waals surface area contributed by atoms with Gasteiger partial charge >= 0.3 is 0 Å². The number of hydrogen-bond donors (Lipinski definition) is 2. The summed E-state index contributed by atoms with van der Waals surface area (Å²) < 4.78 is 0. The average Bonchev–Trinajstić information content (AvgIpc) is 3.09. The number of nitrogens with one attached hydrogen (secondary N) is 2. The normalized spacial score (nSPS) is 17.8. The highest BCUT2D eigenvalue weighted by atomic mass is 32.2. The number of amides is 2. The maximum absolute atomic E-state index is 12.6. The van der Waals surface area contributed by atoms with Gasteiger partial charge in [-0.05, 0) is 20.3 Å². The molecular weight excluding hydrogens is 300 g/mol. The van der Waals surface area contributed by atoms with Gasteiger partial charge in [0.2, 0.25) is 11.8 Å². The molecule has 0 aromatic carbocycles. The fourth-order valence-corrected chi connectivity index (χ4v) is 3.68. The Labute approximate surface area is 135 Å². The number of aromatic amines is 1. The fourth-order valence-electron chi connectivity index (χ4n) is 2.50. The lowest BCUT2D eigenvalue weighted by Gasteiger charge is -2.23. The summed E-state index contributed by atoms with van der Waals surface area (Å²) in [5.74, 6) is 1.22. The number of aromatic nitrogens is 2. The van der Waals surface area contributed by atoms with Crippen molar-refractivity contribution in [2.45, 2.75) is 46.1 Å². The van der Waals surface area contributed by atoms with Crippen molar-refractivity contribution in [3.8, 4) is 0 Å². The molecule has 22 heavy (non-hydrogen) atoms. The molecule has 0 spiro atoms. The van der Waals surface area contributed by atoms with Crippen molar-refractivity contribution in [2.24, 2.45) is 0 Å². The molecule has 1 aromatic heterocycles. The number of hydrogen-bond acceptors (Lipinski definition) is 4. The van der Waals surface area contributed by atoms with Crippen LogP contribution in [0.15, 0.2) is 0 Å². The highest BCUT2D eigenvalue weighted by Gasteiger charge is 2.34. The van der Waals surface area contributed by atoms with E-state index in [1.807, 2.05) is 13.8 Å². The number of carbonyl (C=O) groups excluding carboxylic acids is 2. The zero-order valence-electron chi connectivity index (χ0n) is 13.4. The molecule has 0 aliphatic carbocycles. The Balaban J connectivity index is 1.97. The number of carbonyl (C=O) groups is 2. The van der Waals surface area contributed by atoms with E-state index in [-0.39, 0.29) is 17.9 Å². The van der Waals surface area contributed by atoms with Gasteiger partial charge < -0.3 is 10.2 Å². The summed E-state index contributed by atoms with van der Waals surface area (Å²) in [7, 11) is 0. The quantitative estimate of drug-likeness (QED) is 0.775. The Morgan fingerprint density at radius 2 is 2.23 bits per heavy atom. The first-order chi connectivity index (χ1) is 10.5. The molecule has 1 aromatic rings. The highest BCUT2D eigenvalue weighted by molar-refractivity contribution is 7.99. The van der Waals surface area contributed by atoms with Crippen molar-refractivity contribution >= 4 is 23.6 Å². The van der Waals surface area contributed by atoms with Crippen LogP contribution in [0.5, 0.6) is 0 Å². The molecular formula is C15H24N4O2S. The molecule has 2 amide bonds. The predicted octanol–water partition coefficient (Wildman–Crippen LogP) is 1.39. The van der Waals surface area contributed by atoms with E-state index in [1.54, 1.807) is 16.7 Å². The number of H-pyrrole nitrogens is 1. The van der Waals surface area contributed by atoms with Gasteiger partial charge in [-0.2, -0.15) is 5.10 Å². The van der Waals surface area contributed by atoms with E-state index in [1.165, 1.54) is 0 Å². The van der Waals surface area contributed by atoms with E-state index in [0.29, 0.717) is 24.6 Å². The van der Waals surface area contributed by atoms with Gasteiger partial charge in [-0.15, -0.1) is 11.8 Å². The first-order valence-corrected chi connectivity index (χ1v) is 8.85. The van der Waals surface area contributed by atoms with Crippen LogP contribution in [-0.4, -0.2) is 51.1 Å². The SMILES string of the molecule is CCCCNC(=O)C1CSCN1C(=O)Cc1c(C)n[nH]c1C. The minimum absolute atomic E-state index is 0.00626. The van der Waals surface area contributed by atoms with Crippen LogP contribution in [0.2, 0.25) is 0 Å². The minimum atomic E-state index is -0.345. The molecule has 1 atom stereocenters. The third-order valence-corrected chi connectivity index (χ3v) is 4.96. The minimum Gasteiger partial charge on any atom is -0.354 e. The monoisotopic (exact) mass is 324 g/mol. The van der Waals surface area contributed by atoms with Gasteiger partial charge in [0.05, 0.1) is 18.0 Å². The summed E-state index contributed by atoms with van der Waals surface area (Å²) in [5, 5.41) is 9.94. The molecule has 0 bridgehead atoms. The average molecular weight is 324 g/mol. The maximum Gasteiger partial charge on any atom is 0.243 e. The third kappa shape index (κ3) is 3.82. The Hall–Kier alpha value is -1.50. The number of rotatable bonds is 6. The lowest BCUT2D eigenvalue weighted by atomic mass is 10.1. The Morgan fingerprint density at radius 1 is 1.45 bits per heavy atom. The lowest BCUT2D eigenvalue weighted by molar-refractivity contribution is -0.137. The first kappa shape index (κ1) is 16.9. The Bertz CT molecular complexity index is 524. The molecule has 1 unspecified atom stereocenters. The van der Waals surface area contributed by atoms with E-state index >= 15 is 0 Å². The lowest BCUT2D eigenvalue weighted by Crippen LogP contribution is -2.47. The summed E-state index contributed by atoms with van der Waals surface area (Å²) in [6.07, 6.45) is 2.31. The van der Waals surface area contributed by atoms with Crippen molar-refractivity contribution < 1.29 is 9.59 Å². The zero-order chi connectivity index (χ0) is 16.1. The van der Waals surface area contributed by atoms with Crippen LogP contribution in [-0.2, 0) is 16.0 Å². The fraction of sp³-hybridized carbons (Fsp3) is 0.667. The first-order valence-electron chi connectivity index (χ1n) is 7.70. The molecule has 122 valence electrons. The number of aryl methyl sites for hydroxylation is 2. The molecule has 7 heteroatoms. The molecule has 0 radical (unpaired) electrons. The largest absolute Gasteiger partial charge is 0.354 e. The molecule has 1 aliphatic rings. The van der Waals surface area contributed by atoms with Crippen molar-refractivity contribution in [1.29, 1.82) is 0 Å². The van der Waals surface area contributed by atoms with Crippen molar-refractivity contribution in [1.82, 2.24) is 20.4 Å². The maximum atomic E-state index is 12.6. The smallest absolute Gasteiger partial charge is 0.243 e. The van der Waals surface area contributed by atoms with E-state index in [9.17, 15) is 9.59 Å². The molecule has 1 fully saturated rings. The highest BCUT2D eigenvalue weighted by Crippen LogP contribution is 2.23. The van der Waals surface area contributed by atoms with Gasteiger partial charge in [0.25, 0.3) is 0 Å². The summed E-state index contributed by atoms with van der Waals surface area (Å²) >= 11 is 1.63. The third-order valence-electron chi connectivity index (χ3n) is 3.94. The topological polar surface area (TPSA) is 78.1 Å². The standard InChI is InChI=1S/C15H24N4O2S/c1-4-5-6-16-15(21)13-8-22-9-19(13)14(20)7-12-10(2)17-18-11(12)3/h13H,4-9H2,1-3H3,(H,16,21)(H,17,18). The van der Waals surface area contributed by atoms with E-state index in [2.05, 4.69) is 22.4 Å². The van der Waals surface area contributed by atoms with Crippen LogP contribution >= 0.6 is 11.8 Å². The summed E-state index contributed by atoms with van der Waals surface area (Å²) in [4.78, 5) is 26.5. The number of thioether (sulfide) groups is 1. The molecule has 6 nitrogen and oxygen atoms in total. The van der Waals surface area contributed by atoms with Crippen LogP contribution in [0.25, 0.3) is 0 Å². The van der Waals surface area contributed by atoms with Crippen LogP contribution in [0.4, 0.5) is 0 Å². The Kier molecular flexibility index (Phi) is 5.88. The van der Waals surface area contributed by atoms with Gasteiger partial charge in [0.1, 0.15) is 6.04 Å². The van der Waals surface area contributed by atoms with Gasteiger partial charge in [0.15, 0.2) is 0 Å². The summed E-state index contributed by atoms with van der Waals surface area (Å²) in [6, 6.07) is -0.345. The van der Waals surface area contributed by atoms with Crippen LogP contribution in [0, 0.1) is 13.8 Å². The van der Waals surface area contributed by atoms with Crippen LogP contribution in [0.3, 0.4) is 0 Å². The van der Waals surface area contributed by atoms with Crippen LogP contribution < -0.4 is 5.32 Å². The van der Waals surface area contributed by atoms with Gasteiger partial charge in [-0.1, -0.05) is 13.3 Å². The molecule has 1 aliphatic heterocycles. The predicted molar refractivity (Wildman–Crippen MR) is 87.6 cm³/mol. The zero-order valence-corrected chi connectivity index (χ0v) is 14.3. The van der Waals surface area contributed by atoms with Gasteiger partial charge in [-0.3, -0.25) is 14.7 Å². The second-order valence-electron chi connectivity index (χ2n) is 5.61. The molecule has 2 rings (SSSR count). The molecule has 1 saturated heterocycles. The summed E-state index contributed by atoms with van der Waals surface area (Å²) in [5.41, 5.74) is 2.70. The molecule has 2 heterocycles. The number of unbranched alkanes of at least 4 members (excludes halogenated alkanes) is 1. The van der Waals surface area contributed by atoms with Crippen molar-refractivity contribution in [2.75, 3.05) is 18.2 Å². The van der Waals surface area contributed by atoms with E-state index < -0.39 is 0 Å². The van der Waals surface area contributed by atoms with E-state index in [4.69, 9.17) is 0 Å². The molecule has 2 N–H and O–H groups in total. The second-order valence-corrected chi connectivity index (χ2v) is 6.61. The van der Waals surface area contributed by atoms with E-state index in [0.717, 1.165) is 29.8 Å². The Morgan fingerprint density at radius 3 is 2.86 bits per heavy atom. The second kappa shape index (κ2) is 7.67. The number of nitrogens with zero attached hydrogens (tertiary/aromatic N) is 2. The summed E-state index contributed by atoms with van der Waals surface area (Å²) in [6.45, 7) is 6.57. The van der Waals surface area contributed by atoms with Crippen molar-refractivity contribution in [3.05, 3.63) is 17.0 Å². The molecule has 0 saturated carbocycles. The van der Waals surface area contributed by atoms with Gasteiger partial charge in [-0.25, -0.2) is 0 Å². The van der Waals surface area contributed by atoms with Gasteiger partial charge in [0, 0.05) is 23.6 Å². The van der Waals surface area contributed by atoms with Crippen molar-refractivity contribution in [3.63, 3.8) is 0 Å². The van der Waals surface area contributed by atoms with Crippen LogP contribution in [0.1, 0.15) is 36.7 Å².